The molecule has 0 aromatic carbocycles. The van der Waals surface area contributed by atoms with Crippen molar-refractivity contribution in [2.75, 3.05) is 12.4 Å². The number of fused-ring (bicyclic) bond motifs is 1. The van der Waals surface area contributed by atoms with Gasteiger partial charge in [0, 0.05) is 36.8 Å². The average Bonchev–Trinajstić information content (AvgIpc) is 3.10. The van der Waals surface area contributed by atoms with E-state index in [9.17, 15) is 4.79 Å². The number of amides is 1. The van der Waals surface area contributed by atoms with E-state index in [2.05, 4.69) is 22.2 Å². The smallest absolute Gasteiger partial charge is 0.227 e. The maximum absolute atomic E-state index is 12.6. The Balaban J connectivity index is 1.58. The normalized spacial score (nSPS) is 21.7. The van der Waals surface area contributed by atoms with Gasteiger partial charge >= 0.3 is 0 Å². The van der Waals surface area contributed by atoms with Gasteiger partial charge in [-0.15, -0.1) is 0 Å². The van der Waals surface area contributed by atoms with Crippen LogP contribution < -0.4 is 11.1 Å². The molecule has 0 bridgehead atoms. The predicted octanol–water partition coefficient (Wildman–Crippen LogP) is 2.52. The van der Waals surface area contributed by atoms with Gasteiger partial charge < -0.3 is 20.9 Å². The van der Waals surface area contributed by atoms with Gasteiger partial charge in [-0.05, 0) is 50.7 Å². The Morgan fingerprint density at radius 3 is 2.80 bits per heavy atom. The maximum Gasteiger partial charge on any atom is 0.227 e. The van der Waals surface area contributed by atoms with Crippen molar-refractivity contribution < 1.29 is 4.79 Å². The third-order valence-electron chi connectivity index (χ3n) is 5.53. The minimum atomic E-state index is 0.0354. The summed E-state index contributed by atoms with van der Waals surface area (Å²) in [6.07, 6.45) is 7.22. The van der Waals surface area contributed by atoms with Crippen LogP contribution in [0.5, 0.6) is 0 Å². The number of hydrogen-bond donors (Lipinski definition) is 4. The molecule has 2 aromatic heterocycles. The first-order chi connectivity index (χ1) is 12.0. The third kappa shape index (κ3) is 3.60. The van der Waals surface area contributed by atoms with Crippen LogP contribution in [0.1, 0.15) is 32.6 Å². The Labute approximate surface area is 147 Å². The molecule has 2 aromatic rings. The molecule has 1 atom stereocenters. The zero-order valence-corrected chi connectivity index (χ0v) is 14.7. The fourth-order valence-corrected chi connectivity index (χ4v) is 3.70. The van der Waals surface area contributed by atoms with Crippen LogP contribution in [-0.4, -0.2) is 39.8 Å². The molecule has 1 aliphatic carbocycles. The summed E-state index contributed by atoms with van der Waals surface area (Å²) in [7, 11) is 1.86. The summed E-state index contributed by atoms with van der Waals surface area (Å²) in [6.45, 7) is 2.10. The molecular weight excluding hydrogens is 316 g/mol. The summed E-state index contributed by atoms with van der Waals surface area (Å²) in [5, 5.41) is 11.6. The number of nitrogens with two attached hydrogens (primary N) is 1. The topological polar surface area (TPSA) is 111 Å². The zero-order chi connectivity index (χ0) is 18.0. The number of carbonyl (C=O) groups is 1. The molecule has 134 valence electrons. The summed E-state index contributed by atoms with van der Waals surface area (Å²) in [5.74, 6) is 0.684. The number of aromatic nitrogens is 2. The summed E-state index contributed by atoms with van der Waals surface area (Å²) >= 11 is 0. The van der Waals surface area contributed by atoms with E-state index in [0.717, 1.165) is 42.4 Å². The molecule has 0 aliphatic heterocycles. The number of guanidine groups is 1. The lowest BCUT2D eigenvalue weighted by Gasteiger charge is -2.36. The van der Waals surface area contributed by atoms with E-state index >= 15 is 0 Å². The summed E-state index contributed by atoms with van der Waals surface area (Å²) in [5.41, 5.74) is 7.17. The predicted molar refractivity (Wildman–Crippen MR) is 99.3 cm³/mol. The Morgan fingerprint density at radius 1 is 1.40 bits per heavy atom. The van der Waals surface area contributed by atoms with Crippen LogP contribution in [-0.2, 0) is 4.79 Å². The number of anilines is 1. The van der Waals surface area contributed by atoms with E-state index < -0.39 is 0 Å². The molecule has 1 fully saturated rings. The second-order valence-electron chi connectivity index (χ2n) is 6.94. The highest BCUT2D eigenvalue weighted by Gasteiger charge is 2.31. The molecule has 2 heterocycles. The molecule has 5 N–H and O–H groups in total. The van der Waals surface area contributed by atoms with Gasteiger partial charge in [0.15, 0.2) is 5.96 Å². The number of nitrogens with zero attached hydrogens (tertiary/aromatic N) is 2. The molecule has 7 nitrogen and oxygen atoms in total. The summed E-state index contributed by atoms with van der Waals surface area (Å²) < 4.78 is 0. The molecule has 3 rings (SSSR count). The van der Waals surface area contributed by atoms with E-state index in [-0.39, 0.29) is 23.8 Å². The molecule has 0 spiro atoms. The fourth-order valence-electron chi connectivity index (χ4n) is 3.70. The SMILES string of the molecule is CC([C@H]1CC[C@H](C(=O)Nc2ccnc3[nH]ccc23)CC1)N(C)C(=N)N. The lowest BCUT2D eigenvalue weighted by molar-refractivity contribution is -0.121. The Bertz CT molecular complexity index is 762. The van der Waals surface area contributed by atoms with E-state index in [0.29, 0.717) is 5.92 Å². The highest BCUT2D eigenvalue weighted by Crippen LogP contribution is 2.33. The molecule has 1 saturated carbocycles. The standard InChI is InChI=1S/C18H26N6O/c1-11(24(2)18(19)20)12-3-5-13(6-4-12)17(25)23-15-8-10-22-16-14(15)7-9-21-16/h7-13H,3-6H2,1-2H3,(H3,19,20)(H2,21,22,23,25)/t11?,12-,13-. The molecule has 1 amide bonds. The Kier molecular flexibility index (Phi) is 4.92. The number of nitrogens with one attached hydrogen (secondary N) is 3. The Morgan fingerprint density at radius 2 is 2.12 bits per heavy atom. The number of carbonyl (C=O) groups excluding carboxylic acids is 1. The van der Waals surface area contributed by atoms with Gasteiger partial charge in [-0.2, -0.15) is 0 Å². The highest BCUT2D eigenvalue weighted by atomic mass is 16.1. The van der Waals surface area contributed by atoms with Gasteiger partial charge in [-0.3, -0.25) is 10.2 Å². The van der Waals surface area contributed by atoms with Gasteiger partial charge in [-0.25, -0.2) is 4.98 Å². The molecule has 0 saturated heterocycles. The van der Waals surface area contributed by atoms with E-state index in [1.165, 1.54) is 0 Å². The van der Waals surface area contributed by atoms with Gasteiger partial charge in [0.05, 0.1) is 5.69 Å². The van der Waals surface area contributed by atoms with Crippen LogP contribution in [0.15, 0.2) is 24.5 Å². The van der Waals surface area contributed by atoms with Crippen LogP contribution >= 0.6 is 0 Å². The number of aromatic amines is 1. The van der Waals surface area contributed by atoms with Gasteiger partial charge in [0.2, 0.25) is 5.91 Å². The van der Waals surface area contributed by atoms with Crippen molar-refractivity contribution in [3.8, 4) is 0 Å². The van der Waals surface area contributed by atoms with Crippen LogP contribution in [0, 0.1) is 17.2 Å². The van der Waals surface area contributed by atoms with Gasteiger partial charge in [0.25, 0.3) is 0 Å². The maximum atomic E-state index is 12.6. The molecule has 1 unspecified atom stereocenters. The summed E-state index contributed by atoms with van der Waals surface area (Å²) in [6, 6.07) is 3.98. The fraction of sp³-hybridized carbons (Fsp3) is 0.500. The van der Waals surface area contributed by atoms with Crippen LogP contribution in [0.2, 0.25) is 0 Å². The minimum Gasteiger partial charge on any atom is -0.370 e. The van der Waals surface area contributed by atoms with Gasteiger partial charge in [-0.1, -0.05) is 0 Å². The van der Waals surface area contributed by atoms with Crippen LogP contribution in [0.4, 0.5) is 5.69 Å². The first-order valence-corrected chi connectivity index (χ1v) is 8.77. The number of pyridine rings is 1. The summed E-state index contributed by atoms with van der Waals surface area (Å²) in [4.78, 5) is 21.8. The number of hydrogen-bond acceptors (Lipinski definition) is 3. The Hall–Kier alpha value is -2.57. The van der Waals surface area contributed by atoms with Crippen molar-refractivity contribution >= 4 is 28.6 Å². The van der Waals surface area contributed by atoms with E-state index in [1.807, 2.05) is 30.3 Å². The molecule has 0 radical (unpaired) electrons. The van der Waals surface area contributed by atoms with Crippen molar-refractivity contribution in [1.82, 2.24) is 14.9 Å². The van der Waals surface area contributed by atoms with Crippen molar-refractivity contribution in [2.24, 2.45) is 17.6 Å². The second-order valence-corrected chi connectivity index (χ2v) is 6.94. The quantitative estimate of drug-likeness (QED) is 0.505. The third-order valence-corrected chi connectivity index (χ3v) is 5.53. The van der Waals surface area contributed by atoms with Crippen molar-refractivity contribution in [3.63, 3.8) is 0 Å². The molecule has 25 heavy (non-hydrogen) atoms. The molecule has 1 aliphatic rings. The first-order valence-electron chi connectivity index (χ1n) is 8.77. The second kappa shape index (κ2) is 7.13. The first kappa shape index (κ1) is 17.3. The minimum absolute atomic E-state index is 0.0354. The van der Waals surface area contributed by atoms with Crippen LogP contribution in [0.3, 0.4) is 0 Å². The monoisotopic (exact) mass is 342 g/mol. The molecule has 7 heteroatoms. The van der Waals surface area contributed by atoms with E-state index in [4.69, 9.17) is 11.1 Å². The van der Waals surface area contributed by atoms with Crippen molar-refractivity contribution in [1.29, 1.82) is 5.41 Å². The number of rotatable bonds is 4. The molecular formula is C18H26N6O. The zero-order valence-electron chi connectivity index (χ0n) is 14.7. The van der Waals surface area contributed by atoms with Crippen molar-refractivity contribution in [2.45, 2.75) is 38.6 Å². The van der Waals surface area contributed by atoms with Crippen LogP contribution in [0.25, 0.3) is 11.0 Å². The largest absolute Gasteiger partial charge is 0.370 e. The average molecular weight is 342 g/mol. The van der Waals surface area contributed by atoms with Gasteiger partial charge in [0.1, 0.15) is 5.65 Å². The lowest BCUT2D eigenvalue weighted by atomic mass is 9.78. The van der Waals surface area contributed by atoms with E-state index in [1.54, 1.807) is 6.20 Å². The lowest BCUT2D eigenvalue weighted by Crippen LogP contribution is -2.44. The highest BCUT2D eigenvalue weighted by molar-refractivity contribution is 6.00. The number of H-pyrrole nitrogens is 1. The van der Waals surface area contributed by atoms with Crippen molar-refractivity contribution in [3.05, 3.63) is 24.5 Å².